The molecule has 1 saturated heterocycles. The number of nitrogens with zero attached hydrogens (tertiary/aromatic N) is 4. The molecule has 1 aliphatic carbocycles. The first-order valence-corrected chi connectivity index (χ1v) is 13.7. The smallest absolute Gasteiger partial charge is 0.252 e. The number of hydrogen-bond acceptors (Lipinski definition) is 7. The minimum absolute atomic E-state index is 0. The quantitative estimate of drug-likeness (QED) is 0.286. The van der Waals surface area contributed by atoms with E-state index in [1.165, 1.54) is 12.8 Å². The van der Waals surface area contributed by atoms with Gasteiger partial charge in [-0.2, -0.15) is 0 Å². The Balaban J connectivity index is 0.00000169. The molecule has 0 bridgehead atoms. The van der Waals surface area contributed by atoms with Crippen molar-refractivity contribution < 1.29 is 4.79 Å². The van der Waals surface area contributed by atoms with Crippen molar-refractivity contribution in [1.29, 1.82) is 0 Å². The maximum absolute atomic E-state index is 12.7. The van der Waals surface area contributed by atoms with E-state index in [4.69, 9.17) is 16.6 Å². The topological polar surface area (TPSA) is 73.4 Å². The van der Waals surface area contributed by atoms with E-state index < -0.39 is 0 Å². The third-order valence-corrected chi connectivity index (χ3v) is 8.30. The number of rotatable bonds is 9. The summed E-state index contributed by atoms with van der Waals surface area (Å²) in [7, 11) is 4.35. The number of benzene rings is 1. The van der Waals surface area contributed by atoms with E-state index in [0.29, 0.717) is 34.3 Å². The molecule has 7 nitrogen and oxygen atoms in total. The van der Waals surface area contributed by atoms with Crippen LogP contribution in [0.1, 0.15) is 42.5 Å². The van der Waals surface area contributed by atoms with Gasteiger partial charge < -0.3 is 20.4 Å². The van der Waals surface area contributed by atoms with Crippen LogP contribution in [-0.2, 0) is 0 Å². The first kappa shape index (κ1) is 32.8. The number of thiophene rings is 1. The van der Waals surface area contributed by atoms with Crippen molar-refractivity contribution in [2.45, 2.75) is 44.2 Å². The minimum atomic E-state index is -0.00969. The van der Waals surface area contributed by atoms with Crippen LogP contribution in [0.15, 0.2) is 30.5 Å². The van der Waals surface area contributed by atoms with Crippen LogP contribution in [0.25, 0.3) is 20.7 Å². The van der Waals surface area contributed by atoms with Gasteiger partial charge in [-0.15, -0.1) is 48.6 Å². The lowest BCUT2D eigenvalue weighted by molar-refractivity contribution is 0.0952. The lowest BCUT2D eigenvalue weighted by atomic mass is 10.0. The summed E-state index contributed by atoms with van der Waals surface area (Å²) in [5.41, 5.74) is 1.40. The van der Waals surface area contributed by atoms with Crippen molar-refractivity contribution in [1.82, 2.24) is 25.1 Å². The van der Waals surface area contributed by atoms with E-state index in [9.17, 15) is 4.79 Å². The molecule has 1 aromatic carbocycles. The van der Waals surface area contributed by atoms with Gasteiger partial charge >= 0.3 is 0 Å². The van der Waals surface area contributed by atoms with E-state index in [1.807, 2.05) is 24.3 Å². The molecule has 1 aliphatic heterocycles. The lowest BCUT2D eigenvalue weighted by Gasteiger charge is -2.35. The maximum atomic E-state index is 12.7. The standard InChI is InChI=1S/C26H33ClN6OS.3ClH/c1-32(2)18-9-13-33(14-10-18)12-4-11-28-26-29-16-21(27)24(31-26)23-15-20-19(5-3-6-22(20)35-23)25(34)30-17-7-8-17;;;/h3,5-6,15-18H,4,7-14H2,1-2H3,(H,30,34)(H,28,29,31);3*1H. The summed E-state index contributed by atoms with van der Waals surface area (Å²) in [6.07, 6.45) is 7.31. The molecule has 2 N–H and O–H groups in total. The summed E-state index contributed by atoms with van der Waals surface area (Å²) in [6.45, 7) is 4.22. The number of halogens is 4. The minimum Gasteiger partial charge on any atom is -0.354 e. The van der Waals surface area contributed by atoms with Crippen molar-refractivity contribution in [3.63, 3.8) is 0 Å². The van der Waals surface area contributed by atoms with Gasteiger partial charge in [0.15, 0.2) is 0 Å². The van der Waals surface area contributed by atoms with Crippen LogP contribution < -0.4 is 10.6 Å². The van der Waals surface area contributed by atoms with Crippen molar-refractivity contribution in [2.75, 3.05) is 45.6 Å². The Bertz CT molecular complexity index is 1200. The summed E-state index contributed by atoms with van der Waals surface area (Å²) in [6, 6.07) is 8.91. The summed E-state index contributed by atoms with van der Waals surface area (Å²) in [4.78, 5) is 27.6. The number of hydrogen-bond donors (Lipinski definition) is 2. The highest BCUT2D eigenvalue weighted by atomic mass is 35.5. The van der Waals surface area contributed by atoms with Crippen LogP contribution in [0.5, 0.6) is 0 Å². The highest BCUT2D eigenvalue weighted by molar-refractivity contribution is 7.22. The normalized spacial score (nSPS) is 15.9. The van der Waals surface area contributed by atoms with Gasteiger partial charge in [-0.1, -0.05) is 17.7 Å². The number of piperidine rings is 1. The van der Waals surface area contributed by atoms with Crippen LogP contribution >= 0.6 is 60.2 Å². The monoisotopic (exact) mass is 620 g/mol. The maximum Gasteiger partial charge on any atom is 0.252 e. The number of carbonyl (C=O) groups is 1. The Morgan fingerprint density at radius 3 is 2.58 bits per heavy atom. The molecule has 3 heterocycles. The van der Waals surface area contributed by atoms with Gasteiger partial charge in [0.2, 0.25) is 5.95 Å². The van der Waals surface area contributed by atoms with Crippen molar-refractivity contribution in [2.24, 2.45) is 0 Å². The van der Waals surface area contributed by atoms with Gasteiger partial charge in [-0.3, -0.25) is 4.79 Å². The fourth-order valence-electron chi connectivity index (χ4n) is 4.65. The van der Waals surface area contributed by atoms with Gasteiger partial charge in [0, 0.05) is 34.3 Å². The number of likely N-dealkylation sites (tertiary alicyclic amines) is 1. The molecule has 0 spiro atoms. The molecule has 0 radical (unpaired) electrons. The van der Waals surface area contributed by atoms with Crippen molar-refractivity contribution in [3.8, 4) is 10.6 Å². The van der Waals surface area contributed by atoms with E-state index in [0.717, 1.165) is 60.4 Å². The SMILES string of the molecule is CN(C)C1CCN(CCCNc2ncc(Cl)c(-c3cc4c(C(=O)NC5CC5)cccc4s3)n2)CC1.Cl.Cl.Cl. The van der Waals surface area contributed by atoms with Gasteiger partial charge in [0.1, 0.15) is 5.69 Å². The second kappa shape index (κ2) is 14.8. The number of amides is 1. The van der Waals surface area contributed by atoms with Crippen LogP contribution in [0.3, 0.4) is 0 Å². The predicted molar refractivity (Wildman–Crippen MR) is 166 cm³/mol. The zero-order valence-corrected chi connectivity index (χ0v) is 25.6. The summed E-state index contributed by atoms with van der Waals surface area (Å²) in [5.74, 6) is 0.574. The van der Waals surface area contributed by atoms with Gasteiger partial charge in [0.25, 0.3) is 5.91 Å². The Morgan fingerprint density at radius 2 is 1.89 bits per heavy atom. The number of anilines is 1. The third-order valence-electron chi connectivity index (χ3n) is 6.92. The summed E-state index contributed by atoms with van der Waals surface area (Å²) in [5, 5.41) is 7.90. The van der Waals surface area contributed by atoms with Gasteiger partial charge in [-0.05, 0) is 84.0 Å². The lowest BCUT2D eigenvalue weighted by Crippen LogP contribution is -2.42. The van der Waals surface area contributed by atoms with Crippen LogP contribution in [-0.4, -0.2) is 78.0 Å². The van der Waals surface area contributed by atoms with Gasteiger partial charge in [0.05, 0.1) is 16.1 Å². The number of nitrogens with one attached hydrogen (secondary N) is 2. The van der Waals surface area contributed by atoms with Crippen molar-refractivity contribution in [3.05, 3.63) is 41.0 Å². The fraction of sp³-hybridized carbons (Fsp3) is 0.500. The Labute approximate surface area is 252 Å². The number of aromatic nitrogens is 2. The van der Waals surface area contributed by atoms with E-state index in [-0.39, 0.29) is 43.1 Å². The average molecular weight is 622 g/mol. The first-order valence-electron chi connectivity index (χ1n) is 12.5. The highest BCUT2D eigenvalue weighted by Crippen LogP contribution is 2.37. The zero-order chi connectivity index (χ0) is 24.4. The largest absolute Gasteiger partial charge is 0.354 e. The molecule has 2 aromatic heterocycles. The number of fused-ring (bicyclic) bond motifs is 1. The Kier molecular flexibility index (Phi) is 12.8. The zero-order valence-electron chi connectivity index (χ0n) is 21.6. The van der Waals surface area contributed by atoms with Crippen molar-refractivity contribution >= 4 is 82.1 Å². The molecule has 210 valence electrons. The predicted octanol–water partition coefficient (Wildman–Crippen LogP) is 6.00. The molecular weight excluding hydrogens is 586 g/mol. The Morgan fingerprint density at radius 1 is 1.16 bits per heavy atom. The summed E-state index contributed by atoms with van der Waals surface area (Å²) >= 11 is 8.10. The number of carbonyl (C=O) groups excluding carboxylic acids is 1. The van der Waals surface area contributed by atoms with E-state index >= 15 is 0 Å². The molecule has 2 aliphatic rings. The van der Waals surface area contributed by atoms with Crippen LogP contribution in [0, 0.1) is 0 Å². The van der Waals surface area contributed by atoms with Crippen LogP contribution in [0.4, 0.5) is 5.95 Å². The fourth-order valence-corrected chi connectivity index (χ4v) is 5.99. The van der Waals surface area contributed by atoms with Crippen LogP contribution in [0.2, 0.25) is 5.02 Å². The molecule has 2 fully saturated rings. The summed E-state index contributed by atoms with van der Waals surface area (Å²) < 4.78 is 1.05. The van der Waals surface area contributed by atoms with Gasteiger partial charge in [-0.25, -0.2) is 9.97 Å². The molecule has 3 aromatic rings. The molecule has 12 heteroatoms. The molecule has 0 unspecified atom stereocenters. The molecule has 5 rings (SSSR count). The average Bonchev–Trinajstić information content (AvgIpc) is 3.56. The van der Waals surface area contributed by atoms with E-state index in [1.54, 1.807) is 17.5 Å². The third kappa shape index (κ3) is 8.07. The second-order valence-corrected chi connectivity index (χ2v) is 11.3. The second-order valence-electron chi connectivity index (χ2n) is 9.78. The van der Waals surface area contributed by atoms with E-state index in [2.05, 4.69) is 39.5 Å². The molecule has 0 atom stereocenters. The molecule has 1 saturated carbocycles. The molecule has 1 amide bonds. The Hall–Kier alpha value is -1.39. The highest BCUT2D eigenvalue weighted by Gasteiger charge is 2.25. The first-order chi connectivity index (χ1) is 17.0. The molecule has 38 heavy (non-hydrogen) atoms. The molecular formula is C26H36Cl4N6OS.